The molecule has 0 saturated carbocycles. The first kappa shape index (κ1) is 12.8. The van der Waals surface area contributed by atoms with Crippen LogP contribution in [0, 0.1) is 0 Å². The molecule has 0 spiro atoms. The molecule has 3 rings (SSSR count). The Morgan fingerprint density at radius 2 is 2.10 bits per heavy atom. The van der Waals surface area contributed by atoms with Gasteiger partial charge in [-0.2, -0.15) is 0 Å². The fourth-order valence-corrected chi connectivity index (χ4v) is 2.37. The first-order chi connectivity index (χ1) is 9.74. The van der Waals surface area contributed by atoms with Crippen LogP contribution in [0.5, 0.6) is 0 Å². The van der Waals surface area contributed by atoms with E-state index in [9.17, 15) is 9.90 Å². The highest BCUT2D eigenvalue weighted by atomic mass is 16.3. The SMILES string of the molecule is O=C(c1cn(-c2ccccc2)nn1)N1CCC[C@H](O)C1. The predicted molar refractivity (Wildman–Crippen MR) is 72.5 cm³/mol. The van der Waals surface area contributed by atoms with Crippen LogP contribution in [0.2, 0.25) is 0 Å². The minimum absolute atomic E-state index is 0.175. The van der Waals surface area contributed by atoms with E-state index in [4.69, 9.17) is 0 Å². The summed E-state index contributed by atoms with van der Waals surface area (Å²) >= 11 is 0. The first-order valence-corrected chi connectivity index (χ1v) is 6.69. The highest BCUT2D eigenvalue weighted by molar-refractivity contribution is 5.92. The molecule has 6 nitrogen and oxygen atoms in total. The number of hydrogen-bond donors (Lipinski definition) is 1. The molecule has 2 heterocycles. The molecule has 104 valence electrons. The van der Waals surface area contributed by atoms with Crippen molar-refractivity contribution in [2.24, 2.45) is 0 Å². The number of para-hydroxylation sites is 1. The Morgan fingerprint density at radius 3 is 2.85 bits per heavy atom. The van der Waals surface area contributed by atoms with Gasteiger partial charge in [-0.3, -0.25) is 4.79 Å². The Labute approximate surface area is 116 Å². The number of piperidine rings is 1. The van der Waals surface area contributed by atoms with Gasteiger partial charge in [-0.1, -0.05) is 23.4 Å². The summed E-state index contributed by atoms with van der Waals surface area (Å²) in [5, 5.41) is 17.5. The molecule has 1 N–H and O–H groups in total. The predicted octanol–water partition coefficient (Wildman–Crippen LogP) is 0.864. The minimum Gasteiger partial charge on any atom is -0.391 e. The van der Waals surface area contributed by atoms with Crippen LogP contribution >= 0.6 is 0 Å². The maximum absolute atomic E-state index is 12.3. The average molecular weight is 272 g/mol. The summed E-state index contributed by atoms with van der Waals surface area (Å²) in [5.41, 5.74) is 1.17. The third-order valence-corrected chi connectivity index (χ3v) is 3.42. The van der Waals surface area contributed by atoms with Crippen molar-refractivity contribution in [3.8, 4) is 5.69 Å². The topological polar surface area (TPSA) is 71.2 Å². The lowest BCUT2D eigenvalue weighted by Crippen LogP contribution is -2.42. The van der Waals surface area contributed by atoms with E-state index in [0.29, 0.717) is 18.8 Å². The van der Waals surface area contributed by atoms with Crippen LogP contribution in [0.4, 0.5) is 0 Å². The highest BCUT2D eigenvalue weighted by Gasteiger charge is 2.25. The molecule has 6 heteroatoms. The van der Waals surface area contributed by atoms with Crippen LogP contribution in [-0.4, -0.2) is 50.1 Å². The van der Waals surface area contributed by atoms with E-state index in [1.807, 2.05) is 30.3 Å². The zero-order valence-corrected chi connectivity index (χ0v) is 11.0. The third-order valence-electron chi connectivity index (χ3n) is 3.42. The summed E-state index contributed by atoms with van der Waals surface area (Å²) in [7, 11) is 0. The lowest BCUT2D eigenvalue weighted by atomic mass is 10.1. The van der Waals surface area contributed by atoms with E-state index in [1.54, 1.807) is 15.8 Å². The summed E-state index contributed by atoms with van der Waals surface area (Å²) < 4.78 is 1.58. The lowest BCUT2D eigenvalue weighted by Gasteiger charge is -2.29. The van der Waals surface area contributed by atoms with Gasteiger partial charge >= 0.3 is 0 Å². The van der Waals surface area contributed by atoms with Crippen molar-refractivity contribution >= 4 is 5.91 Å². The molecule has 1 fully saturated rings. The lowest BCUT2D eigenvalue weighted by molar-refractivity contribution is 0.0469. The van der Waals surface area contributed by atoms with E-state index in [0.717, 1.165) is 18.5 Å². The van der Waals surface area contributed by atoms with E-state index in [-0.39, 0.29) is 5.91 Å². The van der Waals surface area contributed by atoms with Crippen LogP contribution in [0.1, 0.15) is 23.3 Å². The number of likely N-dealkylation sites (tertiary alicyclic amines) is 1. The summed E-state index contributed by atoms with van der Waals surface area (Å²) in [6.45, 7) is 1.03. The van der Waals surface area contributed by atoms with Crippen LogP contribution in [0.15, 0.2) is 36.5 Å². The average Bonchev–Trinajstić information content (AvgIpc) is 2.97. The van der Waals surface area contributed by atoms with Crippen molar-refractivity contribution in [2.75, 3.05) is 13.1 Å². The molecule has 1 saturated heterocycles. The highest BCUT2D eigenvalue weighted by Crippen LogP contribution is 2.13. The molecule has 0 unspecified atom stereocenters. The smallest absolute Gasteiger partial charge is 0.276 e. The Bertz CT molecular complexity index is 596. The molecule has 1 aromatic heterocycles. The van der Waals surface area contributed by atoms with Crippen LogP contribution in [-0.2, 0) is 0 Å². The molecule has 0 radical (unpaired) electrons. The maximum atomic E-state index is 12.3. The standard InChI is InChI=1S/C14H16N4O2/c19-12-7-4-8-17(9-12)14(20)13-10-18(16-15-13)11-5-2-1-3-6-11/h1-3,5-6,10,12,19H,4,7-9H2/t12-/m0/s1. The van der Waals surface area contributed by atoms with Gasteiger partial charge in [0.25, 0.3) is 5.91 Å². The minimum atomic E-state index is -0.433. The molecule has 2 aromatic rings. The number of amides is 1. The fraction of sp³-hybridized carbons (Fsp3) is 0.357. The number of β-amino-alcohol motifs (C(OH)–C–C–N with tert-alkyl or cyclic N) is 1. The molecule has 0 bridgehead atoms. The quantitative estimate of drug-likeness (QED) is 0.880. The zero-order valence-electron chi connectivity index (χ0n) is 11.0. The second-order valence-electron chi connectivity index (χ2n) is 4.93. The van der Waals surface area contributed by atoms with Crippen molar-refractivity contribution < 1.29 is 9.90 Å². The van der Waals surface area contributed by atoms with Gasteiger partial charge in [0.2, 0.25) is 0 Å². The molecule has 0 aliphatic carbocycles. The largest absolute Gasteiger partial charge is 0.391 e. The second-order valence-corrected chi connectivity index (χ2v) is 4.93. The number of benzene rings is 1. The maximum Gasteiger partial charge on any atom is 0.276 e. The van der Waals surface area contributed by atoms with E-state index < -0.39 is 6.10 Å². The Hall–Kier alpha value is -2.21. The van der Waals surface area contributed by atoms with E-state index >= 15 is 0 Å². The van der Waals surface area contributed by atoms with Crippen LogP contribution in [0.3, 0.4) is 0 Å². The number of aliphatic hydroxyl groups excluding tert-OH is 1. The molecule has 20 heavy (non-hydrogen) atoms. The second kappa shape index (κ2) is 5.42. The molecule has 1 aliphatic heterocycles. The Kier molecular flexibility index (Phi) is 3.47. The summed E-state index contributed by atoms with van der Waals surface area (Å²) in [5.74, 6) is -0.175. The number of hydrogen-bond acceptors (Lipinski definition) is 4. The van der Waals surface area contributed by atoms with Gasteiger partial charge in [0.15, 0.2) is 5.69 Å². The molecule has 1 aromatic carbocycles. The summed E-state index contributed by atoms with van der Waals surface area (Å²) in [4.78, 5) is 13.9. The number of aliphatic hydroxyl groups is 1. The summed E-state index contributed by atoms with van der Waals surface area (Å²) in [6.07, 6.45) is 2.76. The third kappa shape index (κ3) is 2.55. The number of carbonyl (C=O) groups is 1. The monoisotopic (exact) mass is 272 g/mol. The number of carbonyl (C=O) groups excluding carboxylic acids is 1. The Balaban J connectivity index is 1.78. The molecule has 1 aliphatic rings. The Morgan fingerprint density at radius 1 is 1.30 bits per heavy atom. The van der Waals surface area contributed by atoms with Gasteiger partial charge in [-0.15, -0.1) is 5.10 Å². The van der Waals surface area contributed by atoms with Crippen molar-refractivity contribution in [1.82, 2.24) is 19.9 Å². The first-order valence-electron chi connectivity index (χ1n) is 6.69. The van der Waals surface area contributed by atoms with Crippen molar-refractivity contribution in [3.63, 3.8) is 0 Å². The summed E-state index contributed by atoms with van der Waals surface area (Å²) in [6, 6.07) is 9.52. The molecular formula is C14H16N4O2. The number of rotatable bonds is 2. The van der Waals surface area contributed by atoms with Crippen molar-refractivity contribution in [1.29, 1.82) is 0 Å². The zero-order chi connectivity index (χ0) is 13.9. The van der Waals surface area contributed by atoms with Gasteiger partial charge in [0, 0.05) is 13.1 Å². The van der Waals surface area contributed by atoms with Crippen molar-refractivity contribution in [2.45, 2.75) is 18.9 Å². The molecular weight excluding hydrogens is 256 g/mol. The van der Waals surface area contributed by atoms with E-state index in [1.165, 1.54) is 0 Å². The molecule has 1 amide bonds. The van der Waals surface area contributed by atoms with E-state index in [2.05, 4.69) is 10.3 Å². The fourth-order valence-electron chi connectivity index (χ4n) is 2.37. The van der Waals surface area contributed by atoms with Gasteiger partial charge in [-0.05, 0) is 25.0 Å². The van der Waals surface area contributed by atoms with Crippen LogP contribution in [0.25, 0.3) is 5.69 Å². The number of aromatic nitrogens is 3. The van der Waals surface area contributed by atoms with Gasteiger partial charge < -0.3 is 10.0 Å². The molecule has 1 atom stereocenters. The van der Waals surface area contributed by atoms with Gasteiger partial charge in [0.1, 0.15) is 0 Å². The van der Waals surface area contributed by atoms with Crippen molar-refractivity contribution in [3.05, 3.63) is 42.2 Å². The normalized spacial score (nSPS) is 19.1. The number of nitrogens with zero attached hydrogens (tertiary/aromatic N) is 4. The van der Waals surface area contributed by atoms with Gasteiger partial charge in [0.05, 0.1) is 18.0 Å². The van der Waals surface area contributed by atoms with Crippen LogP contribution < -0.4 is 0 Å². The van der Waals surface area contributed by atoms with Gasteiger partial charge in [-0.25, -0.2) is 4.68 Å².